The molecule has 0 atom stereocenters. The second-order valence-electron chi connectivity index (χ2n) is 14.3. The van der Waals surface area contributed by atoms with Gasteiger partial charge >= 0.3 is 11.9 Å². The predicted octanol–water partition coefficient (Wildman–Crippen LogP) is 13.8. The summed E-state index contributed by atoms with van der Waals surface area (Å²) in [5, 5.41) is 17.5. The van der Waals surface area contributed by atoms with Gasteiger partial charge < -0.3 is 27.5 Å². The van der Waals surface area contributed by atoms with Crippen LogP contribution in [0.25, 0.3) is 110 Å². The van der Waals surface area contributed by atoms with Gasteiger partial charge in [-0.15, -0.1) is 0 Å². The highest BCUT2D eigenvalue weighted by Gasteiger charge is 2.25. The van der Waals surface area contributed by atoms with Crippen LogP contribution in [-0.2, 0) is 4.74 Å². The number of carboxylic acid groups (broad SMARTS) is 1. The maximum Gasteiger partial charge on any atom is 0.338 e. The lowest BCUT2D eigenvalue weighted by molar-refractivity contribution is 0.0600. The topological polar surface area (TPSA) is 116 Å². The molecular formula is C51H30O8. The molecule has 0 bridgehead atoms. The number of carbonyl (C=O) groups is 2. The second kappa shape index (κ2) is 13.2. The standard InChI is InChI=1S/C26H16O4.C25H14O4/c1-28-26(27)19-14-13-16-15-7-2-4-10-20(15)30-25(16)24(19)18-9-6-12-22-23(18)17-8-3-5-11-21(17)29-22;26-25(27)18-13-12-15-14-6-1-3-9-19(14)29-24(15)23(18)17-8-5-11-21-22(17)16-7-2-4-10-20(16)28-21/h2-14H,1H3;1-13H,(H,26,27). The molecule has 59 heavy (non-hydrogen) atoms. The van der Waals surface area contributed by atoms with E-state index in [1.807, 2.05) is 152 Å². The van der Waals surface area contributed by atoms with Gasteiger partial charge in [0.05, 0.1) is 18.2 Å². The van der Waals surface area contributed by atoms with Crippen molar-refractivity contribution in [2.45, 2.75) is 0 Å². The lowest BCUT2D eigenvalue weighted by atomic mass is 9.93. The Kier molecular flexibility index (Phi) is 7.67. The van der Waals surface area contributed by atoms with Crippen LogP contribution in [0.15, 0.2) is 175 Å². The first kappa shape index (κ1) is 34.2. The minimum atomic E-state index is -0.993. The highest BCUT2D eigenvalue weighted by Crippen LogP contribution is 2.45. The molecule has 8 nitrogen and oxygen atoms in total. The molecule has 0 aliphatic carbocycles. The first-order valence-electron chi connectivity index (χ1n) is 19.0. The van der Waals surface area contributed by atoms with Gasteiger partial charge in [-0.05, 0) is 71.8 Å². The number of hydrogen-bond donors (Lipinski definition) is 1. The molecule has 0 aliphatic heterocycles. The number of fused-ring (bicyclic) bond motifs is 12. The van der Waals surface area contributed by atoms with Gasteiger partial charge in [0.25, 0.3) is 0 Å². The van der Waals surface area contributed by atoms with Gasteiger partial charge in [-0.25, -0.2) is 9.59 Å². The Labute approximate surface area is 334 Å². The summed E-state index contributed by atoms with van der Waals surface area (Å²) in [6.45, 7) is 0. The van der Waals surface area contributed by atoms with Crippen molar-refractivity contribution < 1.29 is 37.1 Å². The molecule has 0 aliphatic rings. The number of methoxy groups -OCH3 is 1. The van der Waals surface area contributed by atoms with Crippen LogP contribution >= 0.6 is 0 Å². The summed E-state index contributed by atoms with van der Waals surface area (Å²) >= 11 is 0. The van der Waals surface area contributed by atoms with Crippen molar-refractivity contribution >= 4 is 99.7 Å². The fraction of sp³-hybridized carbons (Fsp3) is 0.0196. The smallest absolute Gasteiger partial charge is 0.338 e. The maximum atomic E-state index is 12.7. The van der Waals surface area contributed by atoms with Crippen LogP contribution in [0.4, 0.5) is 0 Å². The fourth-order valence-corrected chi connectivity index (χ4v) is 8.54. The Balaban J connectivity index is 0.000000135. The molecule has 0 saturated carbocycles. The van der Waals surface area contributed by atoms with Crippen molar-refractivity contribution in [1.29, 1.82) is 0 Å². The molecule has 12 rings (SSSR count). The summed E-state index contributed by atoms with van der Waals surface area (Å²) in [4.78, 5) is 24.8. The molecule has 12 aromatic rings. The van der Waals surface area contributed by atoms with Crippen LogP contribution in [0.2, 0.25) is 0 Å². The first-order chi connectivity index (χ1) is 29.0. The number of furan rings is 4. The number of esters is 1. The number of ether oxygens (including phenoxy) is 1. The monoisotopic (exact) mass is 770 g/mol. The van der Waals surface area contributed by atoms with E-state index in [-0.39, 0.29) is 5.56 Å². The number of carbonyl (C=O) groups excluding carboxylic acids is 1. The zero-order valence-corrected chi connectivity index (χ0v) is 31.3. The minimum absolute atomic E-state index is 0.203. The molecule has 0 radical (unpaired) electrons. The molecule has 8 heteroatoms. The lowest BCUT2D eigenvalue weighted by Gasteiger charge is -2.10. The summed E-state index contributed by atoms with van der Waals surface area (Å²) < 4.78 is 29.6. The minimum Gasteiger partial charge on any atom is -0.478 e. The normalized spacial score (nSPS) is 11.7. The van der Waals surface area contributed by atoms with Gasteiger partial charge in [-0.2, -0.15) is 0 Å². The molecular weight excluding hydrogens is 741 g/mol. The van der Waals surface area contributed by atoms with E-state index in [9.17, 15) is 14.7 Å². The van der Waals surface area contributed by atoms with Crippen molar-refractivity contribution in [2.75, 3.05) is 7.11 Å². The Hall–Kier alpha value is -8.10. The summed E-state index contributed by atoms with van der Waals surface area (Å²) in [5.41, 5.74) is 9.41. The van der Waals surface area contributed by atoms with Crippen LogP contribution in [0.1, 0.15) is 20.7 Å². The summed E-state index contributed by atoms with van der Waals surface area (Å²) in [6.07, 6.45) is 0. The molecule has 8 aromatic carbocycles. The largest absolute Gasteiger partial charge is 0.478 e. The molecule has 0 fully saturated rings. The van der Waals surface area contributed by atoms with Gasteiger partial charge in [0.1, 0.15) is 44.7 Å². The molecule has 0 amide bonds. The van der Waals surface area contributed by atoms with Crippen molar-refractivity contribution in [3.63, 3.8) is 0 Å². The van der Waals surface area contributed by atoms with E-state index in [0.29, 0.717) is 33.4 Å². The van der Waals surface area contributed by atoms with Crippen molar-refractivity contribution in [3.8, 4) is 22.3 Å². The van der Waals surface area contributed by atoms with Crippen LogP contribution < -0.4 is 0 Å². The van der Waals surface area contributed by atoms with Gasteiger partial charge in [-0.3, -0.25) is 0 Å². The Morgan fingerprint density at radius 1 is 0.407 bits per heavy atom. The number of para-hydroxylation sites is 4. The fourth-order valence-electron chi connectivity index (χ4n) is 8.54. The van der Waals surface area contributed by atoms with E-state index >= 15 is 0 Å². The van der Waals surface area contributed by atoms with E-state index < -0.39 is 11.9 Å². The highest BCUT2D eigenvalue weighted by molar-refractivity contribution is 6.22. The Morgan fingerprint density at radius 2 is 0.797 bits per heavy atom. The quantitative estimate of drug-likeness (QED) is 0.176. The van der Waals surface area contributed by atoms with E-state index in [0.717, 1.165) is 82.1 Å². The van der Waals surface area contributed by atoms with E-state index in [1.165, 1.54) is 7.11 Å². The van der Waals surface area contributed by atoms with Crippen molar-refractivity contribution in [1.82, 2.24) is 0 Å². The molecule has 0 unspecified atom stereocenters. The lowest BCUT2D eigenvalue weighted by Crippen LogP contribution is -2.03. The SMILES string of the molecule is COC(=O)c1ccc2c(oc3ccccc32)c1-c1cccc2oc3ccccc3c12.O=C(O)c1ccc2c(oc3ccccc32)c1-c1cccc2oc3ccccc3c12. The summed E-state index contributed by atoms with van der Waals surface area (Å²) in [7, 11) is 1.39. The molecule has 0 saturated heterocycles. The first-order valence-corrected chi connectivity index (χ1v) is 19.0. The zero-order valence-electron chi connectivity index (χ0n) is 31.3. The Bertz CT molecular complexity index is 3670. The second-order valence-corrected chi connectivity index (χ2v) is 14.3. The van der Waals surface area contributed by atoms with Crippen LogP contribution in [0, 0.1) is 0 Å². The van der Waals surface area contributed by atoms with Gasteiger partial charge in [0, 0.05) is 54.2 Å². The summed E-state index contributed by atoms with van der Waals surface area (Å²) in [6, 6.07) is 50.1. The third-order valence-corrected chi connectivity index (χ3v) is 11.1. The molecule has 0 spiro atoms. The predicted molar refractivity (Wildman–Crippen MR) is 231 cm³/mol. The van der Waals surface area contributed by atoms with E-state index in [2.05, 4.69) is 0 Å². The molecule has 4 heterocycles. The maximum absolute atomic E-state index is 12.7. The van der Waals surface area contributed by atoms with Gasteiger partial charge in [-0.1, -0.05) is 97.1 Å². The third-order valence-electron chi connectivity index (χ3n) is 11.1. The molecule has 4 aromatic heterocycles. The van der Waals surface area contributed by atoms with Crippen LogP contribution in [0.3, 0.4) is 0 Å². The highest BCUT2D eigenvalue weighted by atomic mass is 16.5. The van der Waals surface area contributed by atoms with Crippen molar-refractivity contribution in [2.24, 2.45) is 0 Å². The number of aromatic carboxylic acids is 1. The average molecular weight is 771 g/mol. The van der Waals surface area contributed by atoms with E-state index in [4.69, 9.17) is 22.4 Å². The van der Waals surface area contributed by atoms with Gasteiger partial charge in [0.15, 0.2) is 0 Å². The van der Waals surface area contributed by atoms with E-state index in [1.54, 1.807) is 6.07 Å². The van der Waals surface area contributed by atoms with Gasteiger partial charge in [0.2, 0.25) is 0 Å². The van der Waals surface area contributed by atoms with Crippen LogP contribution in [-0.4, -0.2) is 24.2 Å². The zero-order chi connectivity index (χ0) is 39.8. The number of rotatable bonds is 4. The van der Waals surface area contributed by atoms with Crippen molar-refractivity contribution in [3.05, 3.63) is 169 Å². The number of carboxylic acids is 1. The summed E-state index contributed by atoms with van der Waals surface area (Å²) in [5.74, 6) is -1.40. The Morgan fingerprint density at radius 3 is 1.25 bits per heavy atom. The number of benzene rings is 8. The average Bonchev–Trinajstić information content (AvgIpc) is 4.05. The third kappa shape index (κ3) is 5.23. The number of hydrogen-bond acceptors (Lipinski definition) is 7. The van der Waals surface area contributed by atoms with Crippen LogP contribution in [0.5, 0.6) is 0 Å². The molecule has 282 valence electrons. The molecule has 1 N–H and O–H groups in total.